The molecule has 0 bridgehead atoms. The fourth-order valence-corrected chi connectivity index (χ4v) is 3.94. The largest absolute Gasteiger partial charge is 0.507 e. The van der Waals surface area contributed by atoms with Gasteiger partial charge < -0.3 is 29.0 Å². The molecule has 0 radical (unpaired) electrons. The van der Waals surface area contributed by atoms with Crippen LogP contribution in [-0.2, 0) is 14.3 Å². The number of likely N-dealkylation sites (tertiary alicyclic amines) is 1. The van der Waals surface area contributed by atoms with Crippen LogP contribution in [0, 0.1) is 0 Å². The van der Waals surface area contributed by atoms with Crippen LogP contribution in [-0.4, -0.2) is 62.8 Å². The highest BCUT2D eigenvalue weighted by Gasteiger charge is 2.46. The Morgan fingerprint density at radius 1 is 0.971 bits per heavy atom. The number of carbonyl (C=O) groups excluding carboxylic acids is 2. The van der Waals surface area contributed by atoms with Gasteiger partial charge in [-0.1, -0.05) is 6.92 Å². The highest BCUT2D eigenvalue weighted by Crippen LogP contribution is 2.43. The topological polar surface area (TPSA) is 94.5 Å². The predicted octanol–water partition coefficient (Wildman–Crippen LogP) is 3.95. The van der Waals surface area contributed by atoms with Gasteiger partial charge in [0, 0.05) is 37.5 Å². The van der Waals surface area contributed by atoms with Crippen LogP contribution in [0.15, 0.2) is 48.0 Å². The molecule has 2 aromatic rings. The van der Waals surface area contributed by atoms with Crippen molar-refractivity contribution in [3.8, 4) is 17.2 Å². The van der Waals surface area contributed by atoms with E-state index < -0.39 is 17.7 Å². The van der Waals surface area contributed by atoms with E-state index in [0.29, 0.717) is 48.0 Å². The Morgan fingerprint density at radius 2 is 1.68 bits per heavy atom. The van der Waals surface area contributed by atoms with Gasteiger partial charge in [0.1, 0.15) is 23.0 Å². The van der Waals surface area contributed by atoms with E-state index in [1.165, 1.54) is 12.0 Å². The van der Waals surface area contributed by atoms with Gasteiger partial charge >= 0.3 is 0 Å². The molecule has 1 aliphatic heterocycles. The summed E-state index contributed by atoms with van der Waals surface area (Å²) in [4.78, 5) is 27.6. The molecule has 1 fully saturated rings. The van der Waals surface area contributed by atoms with Crippen LogP contribution in [0.5, 0.6) is 17.2 Å². The van der Waals surface area contributed by atoms with Crippen molar-refractivity contribution in [2.45, 2.75) is 25.8 Å². The highest BCUT2D eigenvalue weighted by atomic mass is 16.5. The van der Waals surface area contributed by atoms with Crippen molar-refractivity contribution in [2.24, 2.45) is 0 Å². The van der Waals surface area contributed by atoms with Gasteiger partial charge in [0.15, 0.2) is 0 Å². The number of rotatable bonds is 11. The fourth-order valence-electron chi connectivity index (χ4n) is 3.94. The van der Waals surface area contributed by atoms with E-state index in [-0.39, 0.29) is 17.9 Å². The lowest BCUT2D eigenvalue weighted by atomic mass is 9.94. The van der Waals surface area contributed by atoms with Crippen LogP contribution in [0.25, 0.3) is 5.76 Å². The molecule has 1 unspecified atom stereocenters. The first-order valence-electron chi connectivity index (χ1n) is 11.2. The Balaban J connectivity index is 2.11. The summed E-state index contributed by atoms with van der Waals surface area (Å²) < 4.78 is 21.6. The Bertz CT molecular complexity index is 1050. The first-order chi connectivity index (χ1) is 16.5. The van der Waals surface area contributed by atoms with Gasteiger partial charge in [0.25, 0.3) is 11.7 Å². The number of Topliss-reactive ketones (excluding diaryl/α,β-unsaturated/α-hetero) is 1. The molecule has 1 heterocycles. The summed E-state index contributed by atoms with van der Waals surface area (Å²) in [6.07, 6.45) is 1.40. The fraction of sp³-hybridized carbons (Fsp3) is 0.385. The molecule has 0 aliphatic carbocycles. The van der Waals surface area contributed by atoms with Crippen LogP contribution >= 0.6 is 0 Å². The lowest BCUT2D eigenvalue weighted by Crippen LogP contribution is -2.31. The third-order valence-corrected chi connectivity index (χ3v) is 5.62. The summed E-state index contributed by atoms with van der Waals surface area (Å²) in [5.41, 5.74) is 0.994. The maximum Gasteiger partial charge on any atom is 0.295 e. The lowest BCUT2D eigenvalue weighted by molar-refractivity contribution is -0.140. The average Bonchev–Trinajstić information content (AvgIpc) is 3.11. The molecule has 1 amide bonds. The molecule has 182 valence electrons. The summed E-state index contributed by atoms with van der Waals surface area (Å²) in [5.74, 6) is -0.00590. The summed E-state index contributed by atoms with van der Waals surface area (Å²) in [7, 11) is 4.62. The van der Waals surface area contributed by atoms with Gasteiger partial charge in [-0.25, -0.2) is 0 Å². The highest BCUT2D eigenvalue weighted by molar-refractivity contribution is 6.46. The molecule has 1 atom stereocenters. The average molecular weight is 470 g/mol. The predicted molar refractivity (Wildman–Crippen MR) is 127 cm³/mol. The minimum absolute atomic E-state index is 0.00751. The van der Waals surface area contributed by atoms with Gasteiger partial charge in [-0.15, -0.1) is 0 Å². The summed E-state index contributed by atoms with van der Waals surface area (Å²) in [6, 6.07) is 11.1. The van der Waals surface area contributed by atoms with Crippen molar-refractivity contribution in [1.82, 2.24) is 4.90 Å². The standard InChI is InChI=1S/C26H31NO7/c1-5-14-34-18-9-7-17(8-10-18)24(28)22-23(20-12-11-19(32-3)16-21(20)33-4)27(13-6-15-31-2)26(30)25(22)29/h7-12,16,23,28H,5-6,13-15H2,1-4H3/b24-22+. The zero-order chi connectivity index (χ0) is 24.7. The Labute approximate surface area is 199 Å². The molecule has 34 heavy (non-hydrogen) atoms. The van der Waals surface area contributed by atoms with Gasteiger partial charge in [0.2, 0.25) is 0 Å². The van der Waals surface area contributed by atoms with Crippen molar-refractivity contribution in [1.29, 1.82) is 0 Å². The molecule has 0 aromatic heterocycles. The molecular weight excluding hydrogens is 438 g/mol. The Kier molecular flexibility index (Phi) is 8.54. The van der Waals surface area contributed by atoms with Crippen LogP contribution < -0.4 is 14.2 Å². The molecule has 2 aromatic carbocycles. The van der Waals surface area contributed by atoms with Crippen molar-refractivity contribution in [2.75, 3.05) is 41.1 Å². The van der Waals surface area contributed by atoms with Crippen molar-refractivity contribution in [3.63, 3.8) is 0 Å². The van der Waals surface area contributed by atoms with Crippen molar-refractivity contribution < 1.29 is 33.6 Å². The van der Waals surface area contributed by atoms with Crippen molar-refractivity contribution in [3.05, 3.63) is 59.2 Å². The minimum Gasteiger partial charge on any atom is -0.507 e. The molecular formula is C26H31NO7. The monoisotopic (exact) mass is 469 g/mol. The zero-order valence-corrected chi connectivity index (χ0v) is 20.0. The van der Waals surface area contributed by atoms with E-state index in [0.717, 1.165) is 6.42 Å². The number of carbonyl (C=O) groups is 2. The number of benzene rings is 2. The number of amides is 1. The molecule has 1 aliphatic rings. The molecule has 8 nitrogen and oxygen atoms in total. The molecule has 0 saturated carbocycles. The number of methoxy groups -OCH3 is 3. The van der Waals surface area contributed by atoms with E-state index in [1.807, 2.05) is 6.92 Å². The molecule has 1 N–H and O–H groups in total. The van der Waals surface area contributed by atoms with Crippen LogP contribution in [0.3, 0.4) is 0 Å². The van der Waals surface area contributed by atoms with E-state index in [4.69, 9.17) is 18.9 Å². The van der Waals surface area contributed by atoms with E-state index >= 15 is 0 Å². The molecule has 8 heteroatoms. The number of hydrogen-bond acceptors (Lipinski definition) is 7. The minimum atomic E-state index is -0.825. The normalized spacial score (nSPS) is 17.2. The maximum atomic E-state index is 13.1. The van der Waals surface area contributed by atoms with Gasteiger partial charge in [-0.2, -0.15) is 0 Å². The Morgan fingerprint density at radius 3 is 2.29 bits per heavy atom. The van der Waals surface area contributed by atoms with Crippen LogP contribution in [0.4, 0.5) is 0 Å². The number of aliphatic hydroxyl groups is 1. The summed E-state index contributed by atoms with van der Waals surface area (Å²) >= 11 is 0. The quantitative estimate of drug-likeness (QED) is 0.230. The SMILES string of the molecule is CCCOc1ccc(/C(O)=C2\C(=O)C(=O)N(CCCOC)C2c2ccc(OC)cc2OC)cc1. The number of nitrogens with zero attached hydrogens (tertiary/aromatic N) is 1. The van der Waals surface area contributed by atoms with Gasteiger partial charge in [0.05, 0.1) is 32.4 Å². The first-order valence-corrected chi connectivity index (χ1v) is 11.2. The van der Waals surface area contributed by atoms with E-state index in [2.05, 4.69) is 0 Å². The number of ether oxygens (including phenoxy) is 4. The second kappa shape index (κ2) is 11.6. The van der Waals surface area contributed by atoms with E-state index in [1.54, 1.807) is 56.7 Å². The zero-order valence-electron chi connectivity index (χ0n) is 20.0. The van der Waals surface area contributed by atoms with Crippen molar-refractivity contribution >= 4 is 17.4 Å². The van der Waals surface area contributed by atoms with Crippen LogP contribution in [0.2, 0.25) is 0 Å². The smallest absolute Gasteiger partial charge is 0.295 e. The summed E-state index contributed by atoms with van der Waals surface area (Å²) in [6.45, 7) is 3.29. The number of hydrogen-bond donors (Lipinski definition) is 1. The van der Waals surface area contributed by atoms with E-state index in [9.17, 15) is 14.7 Å². The van der Waals surface area contributed by atoms with Gasteiger partial charge in [-0.05, 0) is 49.2 Å². The third kappa shape index (κ3) is 5.17. The summed E-state index contributed by atoms with van der Waals surface area (Å²) in [5, 5.41) is 11.2. The number of aliphatic hydroxyl groups excluding tert-OH is 1. The van der Waals surface area contributed by atoms with Gasteiger partial charge in [-0.3, -0.25) is 9.59 Å². The second-order valence-electron chi connectivity index (χ2n) is 7.82. The Hall–Kier alpha value is -3.52. The number of ketones is 1. The lowest BCUT2D eigenvalue weighted by Gasteiger charge is -2.26. The third-order valence-electron chi connectivity index (χ3n) is 5.62. The molecule has 1 saturated heterocycles. The molecule has 0 spiro atoms. The second-order valence-corrected chi connectivity index (χ2v) is 7.82. The maximum absolute atomic E-state index is 13.1. The van der Waals surface area contributed by atoms with Crippen LogP contribution in [0.1, 0.15) is 36.9 Å². The first kappa shape index (κ1) is 25.1. The molecule has 3 rings (SSSR count).